The number of rotatable bonds is 6. The van der Waals surface area contributed by atoms with Crippen molar-refractivity contribution in [3.63, 3.8) is 0 Å². The molecule has 2 aliphatic heterocycles. The van der Waals surface area contributed by atoms with Crippen molar-refractivity contribution < 1.29 is 9.47 Å². The molecule has 59 heavy (non-hydrogen) atoms. The van der Waals surface area contributed by atoms with E-state index < -0.39 is 8.07 Å². The summed E-state index contributed by atoms with van der Waals surface area (Å²) in [7, 11) is -2.77. The van der Waals surface area contributed by atoms with Gasteiger partial charge in [0.15, 0.2) is 8.07 Å². The Labute approximate surface area is 344 Å². The zero-order valence-corrected chi connectivity index (χ0v) is 33.1. The van der Waals surface area contributed by atoms with Crippen LogP contribution in [-0.2, 0) is 0 Å². The molecule has 0 radical (unpaired) electrons. The lowest BCUT2D eigenvalue weighted by atomic mass is 9.34. The van der Waals surface area contributed by atoms with E-state index in [-0.39, 0.29) is 6.71 Å². The second-order valence-electron chi connectivity index (χ2n) is 15.6. The molecule has 10 aromatic rings. The predicted molar refractivity (Wildman–Crippen MR) is 248 cm³/mol. The van der Waals surface area contributed by atoms with Crippen molar-refractivity contribution in [3.8, 4) is 39.8 Å². The number of hydrogen-bond donors (Lipinski definition) is 0. The van der Waals surface area contributed by atoms with E-state index in [4.69, 9.17) is 9.47 Å². The Morgan fingerprint density at radius 3 is 1.54 bits per heavy atom. The number of fused-ring (bicyclic) bond motifs is 7. The molecule has 9 aromatic carbocycles. The summed E-state index contributed by atoms with van der Waals surface area (Å²) in [5, 5.41) is 7.79. The van der Waals surface area contributed by atoms with E-state index in [0.717, 1.165) is 67.2 Å². The van der Waals surface area contributed by atoms with Crippen molar-refractivity contribution in [3.05, 3.63) is 218 Å². The molecule has 0 amide bonds. The van der Waals surface area contributed by atoms with Crippen LogP contribution in [0.1, 0.15) is 0 Å². The van der Waals surface area contributed by atoms with Crippen LogP contribution in [0, 0.1) is 0 Å². The second-order valence-corrected chi connectivity index (χ2v) is 19.4. The Kier molecular flexibility index (Phi) is 7.65. The van der Waals surface area contributed by atoms with Crippen molar-refractivity contribution in [2.75, 3.05) is 0 Å². The van der Waals surface area contributed by atoms with Crippen LogP contribution in [0.5, 0.6) is 23.0 Å². The number of para-hydroxylation sites is 4. The van der Waals surface area contributed by atoms with Crippen LogP contribution in [-0.4, -0.2) is 19.4 Å². The summed E-state index contributed by atoms with van der Waals surface area (Å²) in [4.78, 5) is 0. The van der Waals surface area contributed by atoms with Gasteiger partial charge in [-0.05, 0) is 55.4 Å². The van der Waals surface area contributed by atoms with Crippen molar-refractivity contribution in [2.24, 2.45) is 0 Å². The normalized spacial score (nSPS) is 12.6. The van der Waals surface area contributed by atoms with Gasteiger partial charge in [0.1, 0.15) is 23.0 Å². The van der Waals surface area contributed by atoms with Gasteiger partial charge in [-0.3, -0.25) is 0 Å². The molecule has 2 aliphatic rings. The Bertz CT molecular complexity index is 3090. The first kappa shape index (κ1) is 33.8. The van der Waals surface area contributed by atoms with Crippen LogP contribution < -0.4 is 46.6 Å². The molecule has 0 atom stereocenters. The number of aromatic nitrogens is 1. The fourth-order valence-corrected chi connectivity index (χ4v) is 14.8. The first-order chi connectivity index (χ1) is 29.3. The summed E-state index contributed by atoms with van der Waals surface area (Å²) in [5.41, 5.74) is 8.83. The smallest absolute Gasteiger partial charge is 0.260 e. The molecular formula is C54H36BNO2Si. The molecule has 0 unspecified atom stereocenters. The topological polar surface area (TPSA) is 23.4 Å². The van der Waals surface area contributed by atoms with Crippen LogP contribution in [0.4, 0.5) is 0 Å². The molecule has 1 aromatic heterocycles. The van der Waals surface area contributed by atoms with Gasteiger partial charge in [-0.1, -0.05) is 188 Å². The van der Waals surface area contributed by atoms with Crippen LogP contribution in [0.25, 0.3) is 38.6 Å². The monoisotopic (exact) mass is 769 g/mol. The number of benzene rings is 9. The van der Waals surface area contributed by atoms with Gasteiger partial charge in [0.05, 0.1) is 16.7 Å². The Balaban J connectivity index is 1.08. The van der Waals surface area contributed by atoms with Crippen molar-refractivity contribution in [1.82, 2.24) is 4.57 Å². The van der Waals surface area contributed by atoms with E-state index in [0.29, 0.717) is 0 Å². The molecule has 3 heterocycles. The third-order valence-electron chi connectivity index (χ3n) is 12.5. The molecule has 0 saturated heterocycles. The zero-order chi connectivity index (χ0) is 38.9. The fraction of sp³-hybridized carbons (Fsp3) is 0. The second kappa shape index (κ2) is 13.4. The van der Waals surface area contributed by atoms with Crippen molar-refractivity contribution in [2.45, 2.75) is 0 Å². The highest BCUT2D eigenvalue weighted by molar-refractivity contribution is 7.20. The summed E-state index contributed by atoms with van der Waals surface area (Å²) in [6.45, 7) is -0.0598. The molecule has 3 nitrogen and oxygen atoms in total. The van der Waals surface area contributed by atoms with Crippen LogP contribution in [0.2, 0.25) is 0 Å². The lowest BCUT2D eigenvalue weighted by Crippen LogP contribution is -2.74. The number of nitrogens with zero attached hydrogens (tertiary/aromatic N) is 1. The maximum Gasteiger partial charge on any atom is 0.260 e. The van der Waals surface area contributed by atoms with Gasteiger partial charge in [-0.25, -0.2) is 0 Å². The first-order valence-corrected chi connectivity index (χ1v) is 22.3. The maximum absolute atomic E-state index is 7.29. The van der Waals surface area contributed by atoms with E-state index in [1.54, 1.807) is 0 Å². The van der Waals surface area contributed by atoms with Gasteiger partial charge in [0, 0.05) is 33.9 Å². The van der Waals surface area contributed by atoms with E-state index in [1.807, 2.05) is 0 Å². The van der Waals surface area contributed by atoms with Crippen molar-refractivity contribution in [1.29, 1.82) is 0 Å². The molecule has 5 heteroatoms. The summed E-state index contributed by atoms with van der Waals surface area (Å²) in [6.07, 6.45) is 0. The summed E-state index contributed by atoms with van der Waals surface area (Å²) in [5.74, 6) is 3.40. The van der Waals surface area contributed by atoms with Gasteiger partial charge < -0.3 is 14.0 Å². The zero-order valence-electron chi connectivity index (χ0n) is 32.1. The molecular weight excluding hydrogens is 733 g/mol. The Morgan fingerprint density at radius 2 is 0.898 bits per heavy atom. The quantitative estimate of drug-likeness (QED) is 0.125. The molecule has 12 rings (SSSR count). The van der Waals surface area contributed by atoms with Gasteiger partial charge in [-0.15, -0.1) is 0 Å². The lowest BCUT2D eigenvalue weighted by Gasteiger charge is -2.35. The minimum Gasteiger partial charge on any atom is -0.458 e. The molecule has 0 saturated carbocycles. The fourth-order valence-electron chi connectivity index (χ4n) is 10.00. The Hall–Kier alpha value is -7.34. The first-order valence-electron chi connectivity index (χ1n) is 20.3. The molecule has 0 bridgehead atoms. The SMILES string of the molecule is c1ccc([Si](c2ccccc2)(c2ccccc2)c2cccc(-c3cccc4c3Oc3cc(-n5c6ccccc6c6ccccc65)cc5c3B4c3ccccc3O5)c2)cc1. The minimum atomic E-state index is -2.77. The lowest BCUT2D eigenvalue weighted by molar-refractivity contribution is 0.465. The third kappa shape index (κ3) is 5.08. The molecule has 0 fully saturated rings. The van der Waals surface area contributed by atoms with E-state index in [1.165, 1.54) is 31.5 Å². The molecule has 0 N–H and O–H groups in total. The maximum atomic E-state index is 7.29. The standard InChI is InChI=1S/C54H36BNO2Si/c1-4-19-39(20-5-1)59(40-21-6-2-7-22-40,41-23-8-3-9-24-41)42-25-16-18-37(34-42)43-28-17-30-47-54(43)58-52-36-38(35-51-53(52)55(47)46-29-12-15-33-50(46)57-51)56-48-31-13-10-26-44(48)45-27-11-14-32-49(45)56/h1-36H. The third-order valence-corrected chi connectivity index (χ3v) is 17.2. The predicted octanol–water partition coefficient (Wildman–Crippen LogP) is 8.56. The largest absolute Gasteiger partial charge is 0.458 e. The van der Waals surface area contributed by atoms with Crippen LogP contribution in [0.15, 0.2) is 218 Å². The van der Waals surface area contributed by atoms with E-state index in [2.05, 4.69) is 223 Å². The van der Waals surface area contributed by atoms with Gasteiger partial charge in [-0.2, -0.15) is 0 Å². The molecule has 0 spiro atoms. The van der Waals surface area contributed by atoms with Crippen LogP contribution >= 0.6 is 0 Å². The van der Waals surface area contributed by atoms with E-state index >= 15 is 0 Å². The van der Waals surface area contributed by atoms with Gasteiger partial charge >= 0.3 is 0 Å². The van der Waals surface area contributed by atoms with Crippen LogP contribution in [0.3, 0.4) is 0 Å². The summed E-state index contributed by atoms with van der Waals surface area (Å²) >= 11 is 0. The highest BCUT2D eigenvalue weighted by Crippen LogP contribution is 2.42. The summed E-state index contributed by atoms with van der Waals surface area (Å²) < 4.78 is 16.4. The minimum absolute atomic E-state index is 0.0598. The highest BCUT2D eigenvalue weighted by atomic mass is 28.3. The Morgan fingerprint density at radius 1 is 0.390 bits per heavy atom. The van der Waals surface area contributed by atoms with Crippen molar-refractivity contribution >= 4 is 73.7 Å². The highest BCUT2D eigenvalue weighted by Gasteiger charge is 2.43. The summed E-state index contributed by atoms with van der Waals surface area (Å²) in [6, 6.07) is 79.4. The number of hydrogen-bond acceptors (Lipinski definition) is 2. The average Bonchev–Trinajstić information content (AvgIpc) is 3.64. The van der Waals surface area contributed by atoms with Gasteiger partial charge in [0.25, 0.3) is 6.71 Å². The molecule has 276 valence electrons. The molecule has 0 aliphatic carbocycles. The number of ether oxygens (including phenoxy) is 2. The average molecular weight is 770 g/mol. The van der Waals surface area contributed by atoms with Gasteiger partial charge in [0.2, 0.25) is 0 Å². The van der Waals surface area contributed by atoms with E-state index in [9.17, 15) is 0 Å².